The van der Waals surface area contributed by atoms with Crippen molar-refractivity contribution < 1.29 is 32.3 Å². The number of hydrogen-bond acceptors (Lipinski definition) is 12. The van der Waals surface area contributed by atoms with E-state index in [9.17, 15) is 32.3 Å². The molecule has 1 aromatic heterocycles. The van der Waals surface area contributed by atoms with Crippen LogP contribution in [0.5, 0.6) is 0 Å². The third-order valence-corrected chi connectivity index (χ3v) is 13.5. The zero-order valence-corrected chi connectivity index (χ0v) is 34.5. The molecule has 4 amide bonds. The van der Waals surface area contributed by atoms with Crippen molar-refractivity contribution in [3.63, 3.8) is 0 Å². The first-order valence-electron chi connectivity index (χ1n) is 21.4. The summed E-state index contributed by atoms with van der Waals surface area (Å²) >= 11 is 0. The predicted molar refractivity (Wildman–Crippen MR) is 227 cm³/mol. The number of rotatable bonds is 9. The van der Waals surface area contributed by atoms with Crippen molar-refractivity contribution in [1.29, 1.82) is 5.26 Å². The molecule has 5 aliphatic heterocycles. The van der Waals surface area contributed by atoms with Gasteiger partial charge in [-0.2, -0.15) is 18.4 Å². The van der Waals surface area contributed by atoms with Gasteiger partial charge in [0.25, 0.3) is 11.8 Å². The number of amides is 4. The average Bonchev–Trinajstić information content (AvgIpc) is 3.25. The van der Waals surface area contributed by atoms with E-state index >= 15 is 0 Å². The third kappa shape index (κ3) is 9.14. The van der Waals surface area contributed by atoms with Gasteiger partial charge in [0, 0.05) is 88.3 Å². The third-order valence-electron chi connectivity index (χ3n) is 13.5. The average molecular weight is 856 g/mol. The number of aromatic nitrogens is 1. The Morgan fingerprint density at radius 3 is 2.15 bits per heavy atom. The highest BCUT2D eigenvalue weighted by molar-refractivity contribution is 6.05. The molecule has 6 heterocycles. The van der Waals surface area contributed by atoms with Crippen molar-refractivity contribution in [2.45, 2.75) is 63.6 Å². The van der Waals surface area contributed by atoms with Gasteiger partial charge >= 0.3 is 6.18 Å². The molecule has 1 atom stereocenters. The van der Waals surface area contributed by atoms with Gasteiger partial charge in [0.2, 0.25) is 11.8 Å². The smallest absolute Gasteiger partial charge is 0.398 e. The van der Waals surface area contributed by atoms with Crippen LogP contribution in [0.25, 0.3) is 0 Å². The molecule has 3 aromatic rings. The van der Waals surface area contributed by atoms with Crippen LogP contribution in [0.15, 0.2) is 54.7 Å². The number of hydrogen-bond donors (Lipinski definition) is 4. The first-order chi connectivity index (χ1) is 29.7. The Morgan fingerprint density at radius 1 is 0.887 bits per heavy atom. The number of pyridine rings is 1. The molecule has 5 aliphatic rings. The van der Waals surface area contributed by atoms with E-state index in [2.05, 4.69) is 30.3 Å². The van der Waals surface area contributed by atoms with E-state index in [1.165, 1.54) is 12.1 Å². The molecule has 5 saturated heterocycles. The van der Waals surface area contributed by atoms with E-state index in [1.54, 1.807) is 24.4 Å². The Morgan fingerprint density at radius 2 is 1.52 bits per heavy atom. The number of nitrogens with two attached hydrogens (primary N) is 2. The lowest BCUT2D eigenvalue weighted by atomic mass is 9.71. The van der Waals surface area contributed by atoms with Gasteiger partial charge in [-0.15, -0.1) is 0 Å². The summed E-state index contributed by atoms with van der Waals surface area (Å²) in [5.41, 5.74) is 8.16. The molecule has 0 bridgehead atoms. The molecule has 1 spiro atoms. The summed E-state index contributed by atoms with van der Waals surface area (Å²) < 4.78 is 40.4. The highest BCUT2D eigenvalue weighted by Crippen LogP contribution is 2.43. The number of piperidine rings is 4. The molecule has 8 rings (SSSR count). The molecule has 328 valence electrons. The molecular formula is C44H52F3N11O4. The number of carbonyl (C=O) groups excluding carboxylic acids is 4. The Labute approximate surface area is 358 Å². The summed E-state index contributed by atoms with van der Waals surface area (Å²) in [7, 11) is 0. The lowest BCUT2D eigenvalue weighted by Gasteiger charge is -2.55. The Bertz CT molecular complexity index is 2220. The van der Waals surface area contributed by atoms with Gasteiger partial charge in [-0.1, -0.05) is 0 Å². The van der Waals surface area contributed by atoms with Gasteiger partial charge in [0.05, 0.1) is 34.6 Å². The van der Waals surface area contributed by atoms with Crippen molar-refractivity contribution in [2.75, 3.05) is 84.7 Å². The van der Waals surface area contributed by atoms with Crippen molar-refractivity contribution in [3.8, 4) is 6.07 Å². The number of nitrogens with one attached hydrogen (secondary N) is 2. The maximum atomic E-state index is 13.5. The number of likely N-dealkylation sites (tertiary alicyclic amines) is 1. The fraction of sp³-hybridized carbons (Fsp3) is 0.500. The molecule has 18 heteroatoms. The lowest BCUT2D eigenvalue weighted by Crippen LogP contribution is -2.61. The number of anilines is 5. The van der Waals surface area contributed by atoms with Crippen LogP contribution in [-0.2, 0) is 20.6 Å². The molecule has 5 fully saturated rings. The second kappa shape index (κ2) is 17.4. The summed E-state index contributed by atoms with van der Waals surface area (Å²) in [6.45, 7) is 7.79. The molecule has 62 heavy (non-hydrogen) atoms. The molecule has 15 nitrogen and oxygen atoms in total. The highest BCUT2D eigenvalue weighted by Gasteiger charge is 2.45. The number of halogens is 3. The largest absolute Gasteiger partial charge is 0.417 e. The number of carbonyl (C=O) groups is 4. The summed E-state index contributed by atoms with van der Waals surface area (Å²) in [5, 5.41) is 15.1. The molecule has 2 aromatic carbocycles. The maximum absolute atomic E-state index is 13.5. The van der Waals surface area contributed by atoms with Crippen LogP contribution < -0.4 is 36.9 Å². The number of imide groups is 1. The first-order valence-corrected chi connectivity index (χ1v) is 21.4. The number of benzene rings is 2. The van der Waals surface area contributed by atoms with E-state index in [-0.39, 0.29) is 36.1 Å². The standard InChI is InChI=1S/C44H52F3N11O4/c45-44(46,47)35-21-31(2-1-30(35)23-48)55-17-11-29(12-18-55)40(60)52-38-7-4-33(24-51-38)56-15-9-28(10-16-56)25-54-26-43(27-54)13-19-57(20-14-43)32-3-5-34(36(49)22-32)42(62)58(50)37-6-8-39(59)53-41(37)61/h1-5,7,21-22,24,28-29,37H,6,8-20,25-27,49-50H2,(H,51,52,60)(H,53,59,61). The van der Waals surface area contributed by atoms with Gasteiger partial charge in [-0.25, -0.2) is 10.8 Å². The summed E-state index contributed by atoms with van der Waals surface area (Å²) in [5.74, 6) is 5.14. The fourth-order valence-electron chi connectivity index (χ4n) is 9.83. The SMILES string of the molecule is N#Cc1ccc(N2CCC(C(=O)Nc3ccc(N4CCC(CN5CC6(CCN(c7ccc(C(=O)N(N)C8CCC(=O)NC8=O)c(N)c7)CC6)C5)CC4)cn3)CC2)cc1C(F)(F)F. The van der Waals surface area contributed by atoms with Crippen LogP contribution in [0.2, 0.25) is 0 Å². The van der Waals surface area contributed by atoms with Crippen LogP contribution in [0.1, 0.15) is 72.9 Å². The van der Waals surface area contributed by atoms with Crippen LogP contribution >= 0.6 is 0 Å². The minimum absolute atomic E-state index is 0.114. The molecule has 1 unspecified atom stereocenters. The summed E-state index contributed by atoms with van der Waals surface area (Å²) in [6, 6.07) is 13.6. The van der Waals surface area contributed by atoms with Crippen molar-refractivity contribution in [2.24, 2.45) is 23.1 Å². The number of nitrogens with zero attached hydrogens (tertiary/aromatic N) is 7. The van der Waals surface area contributed by atoms with E-state index in [4.69, 9.17) is 16.8 Å². The van der Waals surface area contributed by atoms with Crippen molar-refractivity contribution >= 4 is 52.2 Å². The molecule has 0 aliphatic carbocycles. The van der Waals surface area contributed by atoms with Gasteiger partial charge in [0.15, 0.2) is 0 Å². The number of hydrazine groups is 1. The van der Waals surface area contributed by atoms with E-state index < -0.39 is 35.2 Å². The van der Waals surface area contributed by atoms with Crippen LogP contribution in [0.4, 0.5) is 41.7 Å². The van der Waals surface area contributed by atoms with Crippen molar-refractivity contribution in [3.05, 3.63) is 71.4 Å². The molecule has 0 saturated carbocycles. The second-order valence-electron chi connectivity index (χ2n) is 17.5. The number of nitriles is 1. The minimum Gasteiger partial charge on any atom is -0.398 e. The quantitative estimate of drug-likeness (QED) is 0.0783. The molecule has 0 radical (unpaired) electrons. The van der Waals surface area contributed by atoms with E-state index in [0.717, 1.165) is 93.9 Å². The Balaban J connectivity index is 0.735. The monoisotopic (exact) mass is 855 g/mol. The van der Waals surface area contributed by atoms with Gasteiger partial charge in [-0.05, 0) is 105 Å². The van der Waals surface area contributed by atoms with Gasteiger partial charge in [-0.3, -0.25) is 29.5 Å². The van der Waals surface area contributed by atoms with Gasteiger partial charge in [0.1, 0.15) is 11.9 Å². The second-order valence-corrected chi connectivity index (χ2v) is 17.5. The lowest BCUT2D eigenvalue weighted by molar-refractivity contribution is -0.138. The Kier molecular flexibility index (Phi) is 12.0. The Hall–Kier alpha value is -5.93. The highest BCUT2D eigenvalue weighted by atomic mass is 19.4. The van der Waals surface area contributed by atoms with E-state index in [0.29, 0.717) is 54.5 Å². The van der Waals surface area contributed by atoms with Crippen molar-refractivity contribution in [1.82, 2.24) is 20.2 Å². The van der Waals surface area contributed by atoms with Gasteiger partial charge < -0.3 is 30.7 Å². The summed E-state index contributed by atoms with van der Waals surface area (Å²) in [4.78, 5) is 63.5. The minimum atomic E-state index is -4.62. The maximum Gasteiger partial charge on any atom is 0.417 e. The number of nitrogen functional groups attached to an aromatic ring is 1. The fourth-order valence-corrected chi connectivity index (χ4v) is 9.83. The van der Waals surface area contributed by atoms with Crippen LogP contribution in [-0.4, -0.2) is 103 Å². The zero-order valence-electron chi connectivity index (χ0n) is 34.5. The summed E-state index contributed by atoms with van der Waals surface area (Å²) in [6.07, 6.45) is 2.76. The molecular weight excluding hydrogens is 804 g/mol. The zero-order chi connectivity index (χ0) is 43.8. The van der Waals surface area contributed by atoms with Crippen LogP contribution in [0.3, 0.4) is 0 Å². The number of alkyl halides is 3. The molecule has 6 N–H and O–H groups in total. The van der Waals surface area contributed by atoms with Crippen LogP contribution in [0, 0.1) is 28.6 Å². The first kappa shape index (κ1) is 42.7. The normalized spacial score (nSPS) is 21.3. The predicted octanol–water partition coefficient (Wildman–Crippen LogP) is 4.35. The van der Waals surface area contributed by atoms with E-state index in [1.807, 2.05) is 23.1 Å². The topological polar surface area (TPSA) is 197 Å².